The second-order valence-corrected chi connectivity index (χ2v) is 5.77. The molecular formula is C16H27N3O. The molecule has 1 aromatic carbocycles. The first-order valence-electron chi connectivity index (χ1n) is 7.50. The number of hydrogen-bond acceptors (Lipinski definition) is 4. The molecule has 1 aromatic rings. The van der Waals surface area contributed by atoms with Crippen LogP contribution in [0.25, 0.3) is 0 Å². The van der Waals surface area contributed by atoms with Crippen LogP contribution >= 0.6 is 0 Å². The third-order valence-corrected chi connectivity index (χ3v) is 4.03. The van der Waals surface area contributed by atoms with Gasteiger partial charge in [0.15, 0.2) is 0 Å². The van der Waals surface area contributed by atoms with Crippen molar-refractivity contribution in [1.82, 2.24) is 9.80 Å². The van der Waals surface area contributed by atoms with Gasteiger partial charge in [0.1, 0.15) is 5.75 Å². The highest BCUT2D eigenvalue weighted by atomic mass is 16.5. The van der Waals surface area contributed by atoms with Gasteiger partial charge in [0.05, 0.1) is 6.61 Å². The van der Waals surface area contributed by atoms with E-state index in [0.717, 1.165) is 24.5 Å². The molecule has 4 heteroatoms. The van der Waals surface area contributed by atoms with Crippen molar-refractivity contribution in [2.45, 2.75) is 32.4 Å². The molecule has 1 aliphatic rings. The van der Waals surface area contributed by atoms with E-state index in [1.165, 1.54) is 24.9 Å². The van der Waals surface area contributed by atoms with Gasteiger partial charge in [-0.3, -0.25) is 4.90 Å². The van der Waals surface area contributed by atoms with E-state index in [1.54, 1.807) is 0 Å². The van der Waals surface area contributed by atoms with Gasteiger partial charge in [-0.1, -0.05) is 0 Å². The first-order chi connectivity index (χ1) is 9.60. The summed E-state index contributed by atoms with van der Waals surface area (Å²) < 4.78 is 5.71. The van der Waals surface area contributed by atoms with Crippen LogP contribution in [0.5, 0.6) is 5.75 Å². The standard InChI is InChI=1S/C16H27N3O/c1-4-20-16-8-7-14(17)10-13(16)11-19(3)15-6-5-9-18(2)12-15/h7-8,10,15H,4-6,9,11-12,17H2,1-3H3. The molecule has 0 radical (unpaired) electrons. The van der Waals surface area contributed by atoms with Gasteiger partial charge >= 0.3 is 0 Å². The average molecular weight is 277 g/mol. The number of benzene rings is 1. The summed E-state index contributed by atoms with van der Waals surface area (Å²) in [6.07, 6.45) is 2.55. The zero-order chi connectivity index (χ0) is 14.5. The second kappa shape index (κ2) is 6.95. The molecule has 1 atom stereocenters. The summed E-state index contributed by atoms with van der Waals surface area (Å²) >= 11 is 0. The lowest BCUT2D eigenvalue weighted by Crippen LogP contribution is -2.44. The predicted molar refractivity (Wildman–Crippen MR) is 84.0 cm³/mol. The van der Waals surface area contributed by atoms with Crippen molar-refractivity contribution in [1.29, 1.82) is 0 Å². The van der Waals surface area contributed by atoms with Crippen molar-refractivity contribution in [2.24, 2.45) is 0 Å². The number of anilines is 1. The Morgan fingerprint density at radius 3 is 2.95 bits per heavy atom. The summed E-state index contributed by atoms with van der Waals surface area (Å²) in [7, 11) is 4.40. The summed E-state index contributed by atoms with van der Waals surface area (Å²) in [6.45, 7) is 5.95. The fourth-order valence-corrected chi connectivity index (χ4v) is 2.92. The number of hydrogen-bond donors (Lipinski definition) is 1. The minimum atomic E-state index is 0.615. The summed E-state index contributed by atoms with van der Waals surface area (Å²) in [5.74, 6) is 0.956. The zero-order valence-electron chi connectivity index (χ0n) is 12.9. The average Bonchev–Trinajstić information content (AvgIpc) is 2.42. The number of likely N-dealkylation sites (N-methyl/N-ethyl adjacent to an activating group) is 2. The molecule has 2 N–H and O–H groups in total. The molecule has 0 bridgehead atoms. The Bertz CT molecular complexity index is 436. The Kier molecular flexibility index (Phi) is 5.26. The lowest BCUT2D eigenvalue weighted by Gasteiger charge is -2.36. The summed E-state index contributed by atoms with van der Waals surface area (Å²) in [4.78, 5) is 4.83. The molecule has 20 heavy (non-hydrogen) atoms. The Balaban J connectivity index is 2.06. The third-order valence-electron chi connectivity index (χ3n) is 4.03. The minimum absolute atomic E-state index is 0.615. The normalized spacial score (nSPS) is 20.3. The molecule has 1 aliphatic heterocycles. The molecule has 2 rings (SSSR count). The highest BCUT2D eigenvalue weighted by Crippen LogP contribution is 2.24. The van der Waals surface area contributed by atoms with E-state index < -0.39 is 0 Å². The maximum Gasteiger partial charge on any atom is 0.123 e. The largest absolute Gasteiger partial charge is 0.494 e. The molecule has 1 unspecified atom stereocenters. The summed E-state index contributed by atoms with van der Waals surface area (Å²) in [5.41, 5.74) is 7.90. The first kappa shape index (κ1) is 15.1. The lowest BCUT2D eigenvalue weighted by atomic mass is 10.0. The van der Waals surface area contributed by atoms with Gasteiger partial charge in [-0.15, -0.1) is 0 Å². The van der Waals surface area contributed by atoms with E-state index in [0.29, 0.717) is 12.6 Å². The number of ether oxygens (including phenoxy) is 1. The van der Waals surface area contributed by atoms with Crippen LogP contribution in [0.4, 0.5) is 5.69 Å². The fraction of sp³-hybridized carbons (Fsp3) is 0.625. The Morgan fingerprint density at radius 2 is 2.25 bits per heavy atom. The maximum absolute atomic E-state index is 5.92. The van der Waals surface area contributed by atoms with E-state index in [1.807, 2.05) is 25.1 Å². The van der Waals surface area contributed by atoms with Crippen LogP contribution in [0.15, 0.2) is 18.2 Å². The molecule has 0 aromatic heterocycles. The number of piperidine rings is 1. The molecule has 0 saturated carbocycles. The second-order valence-electron chi connectivity index (χ2n) is 5.77. The van der Waals surface area contributed by atoms with E-state index in [-0.39, 0.29) is 0 Å². The van der Waals surface area contributed by atoms with Crippen LogP contribution in [-0.4, -0.2) is 49.6 Å². The van der Waals surface area contributed by atoms with E-state index in [9.17, 15) is 0 Å². The van der Waals surface area contributed by atoms with Crippen LogP contribution in [0, 0.1) is 0 Å². The maximum atomic E-state index is 5.92. The van der Waals surface area contributed by atoms with Gasteiger partial charge in [-0.05, 0) is 58.6 Å². The predicted octanol–water partition coefficient (Wildman–Crippen LogP) is 2.19. The van der Waals surface area contributed by atoms with Crippen molar-refractivity contribution >= 4 is 5.69 Å². The van der Waals surface area contributed by atoms with Crippen LogP contribution in [0.3, 0.4) is 0 Å². The molecule has 112 valence electrons. The van der Waals surface area contributed by atoms with Crippen molar-refractivity contribution in [3.8, 4) is 5.75 Å². The fourth-order valence-electron chi connectivity index (χ4n) is 2.92. The number of nitrogens with zero attached hydrogens (tertiary/aromatic N) is 2. The van der Waals surface area contributed by atoms with Crippen LogP contribution in [0.2, 0.25) is 0 Å². The Hall–Kier alpha value is -1.26. The van der Waals surface area contributed by atoms with Gasteiger partial charge in [-0.25, -0.2) is 0 Å². The van der Waals surface area contributed by atoms with E-state index in [4.69, 9.17) is 10.5 Å². The van der Waals surface area contributed by atoms with Crippen molar-refractivity contribution in [3.63, 3.8) is 0 Å². The van der Waals surface area contributed by atoms with Gasteiger partial charge in [0.25, 0.3) is 0 Å². The van der Waals surface area contributed by atoms with E-state index in [2.05, 4.69) is 23.9 Å². The summed E-state index contributed by atoms with van der Waals surface area (Å²) in [5, 5.41) is 0. The molecule has 1 saturated heterocycles. The van der Waals surface area contributed by atoms with Gasteiger partial charge in [-0.2, -0.15) is 0 Å². The first-order valence-corrected chi connectivity index (χ1v) is 7.50. The molecule has 0 aliphatic carbocycles. The van der Waals surface area contributed by atoms with Crippen molar-refractivity contribution in [2.75, 3.05) is 39.5 Å². The van der Waals surface area contributed by atoms with Gasteiger partial charge in [0.2, 0.25) is 0 Å². The Labute approximate surface area is 122 Å². The summed E-state index contributed by atoms with van der Waals surface area (Å²) in [6, 6.07) is 6.54. The monoisotopic (exact) mass is 277 g/mol. The smallest absolute Gasteiger partial charge is 0.123 e. The topological polar surface area (TPSA) is 41.7 Å². The van der Waals surface area contributed by atoms with Gasteiger partial charge < -0.3 is 15.4 Å². The zero-order valence-corrected chi connectivity index (χ0v) is 12.9. The van der Waals surface area contributed by atoms with Crippen LogP contribution in [0.1, 0.15) is 25.3 Å². The molecule has 0 spiro atoms. The molecule has 1 heterocycles. The quantitative estimate of drug-likeness (QED) is 0.838. The Morgan fingerprint density at radius 1 is 1.45 bits per heavy atom. The highest BCUT2D eigenvalue weighted by molar-refractivity contribution is 5.47. The highest BCUT2D eigenvalue weighted by Gasteiger charge is 2.21. The van der Waals surface area contributed by atoms with Crippen LogP contribution < -0.4 is 10.5 Å². The molecular weight excluding hydrogens is 250 g/mol. The van der Waals surface area contributed by atoms with Crippen molar-refractivity contribution in [3.05, 3.63) is 23.8 Å². The number of rotatable bonds is 5. The van der Waals surface area contributed by atoms with Gasteiger partial charge in [0, 0.05) is 30.4 Å². The van der Waals surface area contributed by atoms with E-state index >= 15 is 0 Å². The molecule has 4 nitrogen and oxygen atoms in total. The van der Waals surface area contributed by atoms with Crippen molar-refractivity contribution < 1.29 is 4.74 Å². The number of nitrogen functional groups attached to an aromatic ring is 1. The molecule has 1 fully saturated rings. The number of likely N-dealkylation sites (tertiary alicyclic amines) is 1. The minimum Gasteiger partial charge on any atom is -0.494 e. The van der Waals surface area contributed by atoms with Crippen LogP contribution in [-0.2, 0) is 6.54 Å². The third kappa shape index (κ3) is 3.87. The lowest BCUT2D eigenvalue weighted by molar-refractivity contribution is 0.128. The SMILES string of the molecule is CCOc1ccc(N)cc1CN(C)C1CCCN(C)C1. The number of nitrogens with two attached hydrogens (primary N) is 1. The molecule has 0 amide bonds.